The summed E-state index contributed by atoms with van der Waals surface area (Å²) in [6.07, 6.45) is 3.60. The quantitative estimate of drug-likeness (QED) is 0.805. The van der Waals surface area contributed by atoms with Crippen molar-refractivity contribution in [3.63, 3.8) is 0 Å². The van der Waals surface area contributed by atoms with Crippen molar-refractivity contribution in [1.29, 1.82) is 0 Å². The molecule has 1 aromatic rings. The van der Waals surface area contributed by atoms with Gasteiger partial charge in [-0.05, 0) is 54.2 Å². The lowest BCUT2D eigenvalue weighted by molar-refractivity contribution is -0.144. The van der Waals surface area contributed by atoms with Crippen LogP contribution in [0.4, 0.5) is 5.82 Å². The van der Waals surface area contributed by atoms with Crippen molar-refractivity contribution in [2.45, 2.75) is 32.7 Å². The first-order valence-corrected chi connectivity index (χ1v) is 6.98. The fourth-order valence-electron chi connectivity index (χ4n) is 2.23. The highest BCUT2D eigenvalue weighted by molar-refractivity contribution is 9.10. The van der Waals surface area contributed by atoms with Gasteiger partial charge in [0.1, 0.15) is 11.9 Å². The van der Waals surface area contributed by atoms with Crippen molar-refractivity contribution < 1.29 is 9.53 Å². The SMILES string of the molecule is CCOC(=O)C1CCCN1c1nccc(C)c1Br. The molecule has 1 aliphatic rings. The van der Waals surface area contributed by atoms with Gasteiger partial charge in [0, 0.05) is 12.7 Å². The van der Waals surface area contributed by atoms with Gasteiger partial charge in [-0.3, -0.25) is 0 Å². The molecule has 0 saturated carbocycles. The number of aromatic nitrogens is 1. The Bertz CT molecular complexity index is 451. The van der Waals surface area contributed by atoms with E-state index in [-0.39, 0.29) is 12.0 Å². The van der Waals surface area contributed by atoms with Gasteiger partial charge in [-0.2, -0.15) is 0 Å². The monoisotopic (exact) mass is 312 g/mol. The summed E-state index contributed by atoms with van der Waals surface area (Å²) in [4.78, 5) is 18.3. The molecule has 98 valence electrons. The summed E-state index contributed by atoms with van der Waals surface area (Å²) in [7, 11) is 0. The van der Waals surface area contributed by atoms with Crippen molar-refractivity contribution in [1.82, 2.24) is 4.98 Å². The van der Waals surface area contributed by atoms with Crippen LogP contribution >= 0.6 is 15.9 Å². The normalized spacial score (nSPS) is 19.1. The maximum Gasteiger partial charge on any atom is 0.328 e. The van der Waals surface area contributed by atoms with Gasteiger partial charge in [0.05, 0.1) is 11.1 Å². The fraction of sp³-hybridized carbons (Fsp3) is 0.538. The molecule has 0 aromatic carbocycles. The number of anilines is 1. The van der Waals surface area contributed by atoms with Gasteiger partial charge >= 0.3 is 5.97 Å². The van der Waals surface area contributed by atoms with E-state index in [9.17, 15) is 4.79 Å². The molecule has 0 spiro atoms. The van der Waals surface area contributed by atoms with E-state index in [1.54, 1.807) is 6.20 Å². The van der Waals surface area contributed by atoms with Crippen LogP contribution in [-0.4, -0.2) is 30.1 Å². The van der Waals surface area contributed by atoms with Gasteiger partial charge in [-0.15, -0.1) is 0 Å². The molecule has 0 amide bonds. The minimum absolute atomic E-state index is 0.148. The van der Waals surface area contributed by atoms with Crippen molar-refractivity contribution >= 4 is 27.7 Å². The number of nitrogens with zero attached hydrogens (tertiary/aromatic N) is 2. The molecule has 4 nitrogen and oxygen atoms in total. The molecule has 0 radical (unpaired) electrons. The van der Waals surface area contributed by atoms with E-state index in [1.807, 2.05) is 24.8 Å². The first-order chi connectivity index (χ1) is 8.65. The Balaban J connectivity index is 2.26. The summed E-state index contributed by atoms with van der Waals surface area (Å²) < 4.78 is 6.08. The topological polar surface area (TPSA) is 42.4 Å². The number of carbonyl (C=O) groups excluding carboxylic acids is 1. The summed E-state index contributed by atoms with van der Waals surface area (Å²) >= 11 is 3.55. The zero-order valence-corrected chi connectivity index (χ0v) is 12.2. The maximum absolute atomic E-state index is 11.9. The number of hydrogen-bond donors (Lipinski definition) is 0. The number of pyridine rings is 1. The molecule has 0 N–H and O–H groups in total. The third-order valence-corrected chi connectivity index (χ3v) is 4.13. The second-order valence-corrected chi connectivity index (χ2v) is 5.16. The number of aryl methyl sites for hydroxylation is 1. The van der Waals surface area contributed by atoms with E-state index in [1.165, 1.54) is 0 Å². The standard InChI is InChI=1S/C13H17BrN2O2/c1-3-18-13(17)10-5-4-8-16(10)12-11(14)9(2)6-7-15-12/h6-7,10H,3-5,8H2,1-2H3. The summed E-state index contributed by atoms with van der Waals surface area (Å²) in [5.74, 6) is 0.691. The lowest BCUT2D eigenvalue weighted by Crippen LogP contribution is -2.38. The number of esters is 1. The molecule has 2 rings (SSSR count). The van der Waals surface area contributed by atoms with E-state index in [0.717, 1.165) is 35.2 Å². The Morgan fingerprint density at radius 1 is 1.67 bits per heavy atom. The summed E-state index contributed by atoms with van der Waals surface area (Å²) in [5.41, 5.74) is 1.12. The predicted octanol–water partition coefficient (Wildman–Crippen LogP) is 2.68. The van der Waals surface area contributed by atoms with Crippen molar-refractivity contribution in [2.75, 3.05) is 18.1 Å². The third kappa shape index (κ3) is 2.51. The summed E-state index contributed by atoms with van der Waals surface area (Å²) in [6, 6.07) is 1.75. The van der Waals surface area contributed by atoms with Gasteiger partial charge in [0.15, 0.2) is 0 Å². The highest BCUT2D eigenvalue weighted by Gasteiger charge is 2.33. The summed E-state index contributed by atoms with van der Waals surface area (Å²) in [6.45, 7) is 5.12. The Kier molecular flexibility index (Phi) is 4.22. The molecule has 1 atom stereocenters. The van der Waals surface area contributed by atoms with E-state index in [2.05, 4.69) is 20.9 Å². The zero-order chi connectivity index (χ0) is 13.1. The molecular weight excluding hydrogens is 296 g/mol. The van der Waals surface area contributed by atoms with Gasteiger partial charge < -0.3 is 9.64 Å². The van der Waals surface area contributed by atoms with Crippen LogP contribution in [0.5, 0.6) is 0 Å². The average molecular weight is 313 g/mol. The third-order valence-electron chi connectivity index (χ3n) is 3.15. The van der Waals surface area contributed by atoms with E-state index >= 15 is 0 Å². The van der Waals surface area contributed by atoms with Crippen molar-refractivity contribution in [2.24, 2.45) is 0 Å². The minimum Gasteiger partial charge on any atom is -0.464 e. The molecule has 1 fully saturated rings. The van der Waals surface area contributed by atoms with Gasteiger partial charge in [-0.25, -0.2) is 9.78 Å². The number of rotatable bonds is 3. The van der Waals surface area contributed by atoms with E-state index in [4.69, 9.17) is 4.74 Å². The molecule has 18 heavy (non-hydrogen) atoms. The summed E-state index contributed by atoms with van der Waals surface area (Å²) in [5, 5.41) is 0. The second-order valence-electron chi connectivity index (χ2n) is 4.37. The Hall–Kier alpha value is -1.10. The molecule has 0 aliphatic carbocycles. The van der Waals surface area contributed by atoms with E-state index in [0.29, 0.717) is 6.61 Å². The second kappa shape index (κ2) is 5.69. The van der Waals surface area contributed by atoms with Gasteiger partial charge in [-0.1, -0.05) is 0 Å². The van der Waals surface area contributed by atoms with Crippen LogP contribution in [-0.2, 0) is 9.53 Å². The number of carbonyl (C=O) groups is 1. The molecule has 1 saturated heterocycles. The number of ether oxygens (including phenoxy) is 1. The van der Waals surface area contributed by atoms with Crippen LogP contribution in [0.1, 0.15) is 25.3 Å². The largest absolute Gasteiger partial charge is 0.464 e. The average Bonchev–Trinajstić information content (AvgIpc) is 2.82. The van der Waals surface area contributed by atoms with Crippen LogP contribution in [0.15, 0.2) is 16.7 Å². The van der Waals surface area contributed by atoms with Crippen molar-refractivity contribution in [3.8, 4) is 0 Å². The predicted molar refractivity (Wildman–Crippen MR) is 73.7 cm³/mol. The lowest BCUT2D eigenvalue weighted by Gasteiger charge is -2.25. The molecular formula is C13H17BrN2O2. The molecule has 2 heterocycles. The van der Waals surface area contributed by atoms with Gasteiger partial charge in [0.25, 0.3) is 0 Å². The number of halogens is 1. The molecule has 1 unspecified atom stereocenters. The zero-order valence-electron chi connectivity index (χ0n) is 10.6. The fourth-order valence-corrected chi connectivity index (χ4v) is 2.69. The van der Waals surface area contributed by atoms with Crippen LogP contribution in [0, 0.1) is 6.92 Å². The smallest absolute Gasteiger partial charge is 0.328 e. The first-order valence-electron chi connectivity index (χ1n) is 6.19. The molecule has 0 bridgehead atoms. The van der Waals surface area contributed by atoms with Crippen LogP contribution < -0.4 is 4.90 Å². The first kappa shape index (κ1) is 13.3. The van der Waals surface area contributed by atoms with Crippen LogP contribution in [0.2, 0.25) is 0 Å². The van der Waals surface area contributed by atoms with Gasteiger partial charge in [0.2, 0.25) is 0 Å². The van der Waals surface area contributed by atoms with E-state index < -0.39 is 0 Å². The van der Waals surface area contributed by atoms with Crippen molar-refractivity contribution in [3.05, 3.63) is 22.3 Å². The molecule has 5 heteroatoms. The Morgan fingerprint density at radius 2 is 2.44 bits per heavy atom. The molecule has 1 aliphatic heterocycles. The Morgan fingerprint density at radius 3 is 3.17 bits per heavy atom. The molecule has 1 aromatic heterocycles. The maximum atomic E-state index is 11.9. The highest BCUT2D eigenvalue weighted by Crippen LogP contribution is 2.32. The highest BCUT2D eigenvalue weighted by atomic mass is 79.9. The lowest BCUT2D eigenvalue weighted by atomic mass is 10.2. The Labute approximate surface area is 115 Å². The minimum atomic E-state index is -0.199. The number of hydrogen-bond acceptors (Lipinski definition) is 4. The van der Waals surface area contributed by atoms with Crippen LogP contribution in [0.25, 0.3) is 0 Å². The van der Waals surface area contributed by atoms with Crippen LogP contribution in [0.3, 0.4) is 0 Å².